The Morgan fingerprint density at radius 1 is 1.00 bits per heavy atom. The molecule has 3 heteroatoms. The van der Waals surface area contributed by atoms with E-state index < -0.39 is 0 Å². The summed E-state index contributed by atoms with van der Waals surface area (Å²) in [4.78, 5) is 4.22. The van der Waals surface area contributed by atoms with Gasteiger partial charge in [-0.15, -0.1) is 0 Å². The summed E-state index contributed by atoms with van der Waals surface area (Å²) in [7, 11) is 0. The Labute approximate surface area is 98.7 Å². The minimum atomic E-state index is 0.646. The fourth-order valence-corrected chi connectivity index (χ4v) is 2.00. The topological polar surface area (TPSA) is 12.9 Å². The van der Waals surface area contributed by atoms with Crippen LogP contribution in [0, 0.1) is 6.92 Å². The monoisotopic (exact) mass is 237 g/mol. The number of aromatic nitrogens is 1. The molecule has 0 bridgehead atoms. The molecule has 0 atom stereocenters. The van der Waals surface area contributed by atoms with Gasteiger partial charge in [0.15, 0.2) is 0 Å². The van der Waals surface area contributed by atoms with Crippen LogP contribution >= 0.6 is 23.2 Å². The summed E-state index contributed by atoms with van der Waals surface area (Å²) in [5.74, 6) is 0. The predicted molar refractivity (Wildman–Crippen MR) is 64.4 cm³/mol. The van der Waals surface area contributed by atoms with E-state index in [9.17, 15) is 0 Å². The number of aryl methyl sites for hydroxylation is 1. The average molecular weight is 238 g/mol. The Morgan fingerprint density at radius 2 is 1.67 bits per heavy atom. The SMILES string of the molecule is Cc1ccc(-c2c(Cl)cccc2Cl)cn1. The Balaban J connectivity index is 2.58. The molecule has 1 aromatic heterocycles. The zero-order chi connectivity index (χ0) is 10.8. The number of hydrogen-bond acceptors (Lipinski definition) is 1. The molecule has 0 N–H and O–H groups in total. The highest BCUT2D eigenvalue weighted by Crippen LogP contribution is 2.33. The number of halogens is 2. The van der Waals surface area contributed by atoms with Gasteiger partial charge in [0, 0.05) is 33.1 Å². The molecule has 0 unspecified atom stereocenters. The maximum atomic E-state index is 6.09. The van der Waals surface area contributed by atoms with Crippen molar-refractivity contribution in [2.24, 2.45) is 0 Å². The van der Waals surface area contributed by atoms with Gasteiger partial charge in [-0.05, 0) is 25.1 Å². The lowest BCUT2D eigenvalue weighted by Gasteiger charge is -2.06. The summed E-state index contributed by atoms with van der Waals surface area (Å²) in [6.45, 7) is 1.94. The fourth-order valence-electron chi connectivity index (χ4n) is 1.39. The summed E-state index contributed by atoms with van der Waals surface area (Å²) >= 11 is 12.2. The van der Waals surface area contributed by atoms with Gasteiger partial charge in [0.1, 0.15) is 0 Å². The van der Waals surface area contributed by atoms with Gasteiger partial charge in [0.25, 0.3) is 0 Å². The van der Waals surface area contributed by atoms with Crippen LogP contribution in [0.25, 0.3) is 11.1 Å². The number of rotatable bonds is 1. The van der Waals surface area contributed by atoms with E-state index in [1.165, 1.54) is 0 Å². The molecule has 0 saturated heterocycles. The molecule has 1 aromatic carbocycles. The molecule has 0 aliphatic carbocycles. The number of hydrogen-bond donors (Lipinski definition) is 0. The summed E-state index contributed by atoms with van der Waals surface area (Å²) in [6, 6.07) is 9.38. The lowest BCUT2D eigenvalue weighted by Crippen LogP contribution is -1.85. The van der Waals surface area contributed by atoms with Crippen molar-refractivity contribution < 1.29 is 0 Å². The molecule has 0 saturated carbocycles. The molecule has 0 spiro atoms. The van der Waals surface area contributed by atoms with Crippen LogP contribution in [0.15, 0.2) is 36.5 Å². The molecule has 0 amide bonds. The Hall–Kier alpha value is -1.05. The van der Waals surface area contributed by atoms with Crippen molar-refractivity contribution in [3.8, 4) is 11.1 Å². The first-order valence-corrected chi connectivity index (χ1v) is 5.31. The summed E-state index contributed by atoms with van der Waals surface area (Å²) in [5, 5.41) is 1.29. The molecule has 76 valence electrons. The zero-order valence-electron chi connectivity index (χ0n) is 8.17. The molecular weight excluding hydrogens is 229 g/mol. The smallest absolute Gasteiger partial charge is 0.0499 e. The molecule has 1 nitrogen and oxygen atoms in total. The number of nitrogens with zero attached hydrogens (tertiary/aromatic N) is 1. The molecule has 0 radical (unpaired) electrons. The molecule has 15 heavy (non-hydrogen) atoms. The van der Waals surface area contributed by atoms with Crippen molar-refractivity contribution in [3.63, 3.8) is 0 Å². The maximum Gasteiger partial charge on any atom is 0.0499 e. The van der Waals surface area contributed by atoms with Gasteiger partial charge in [-0.25, -0.2) is 0 Å². The van der Waals surface area contributed by atoms with E-state index in [0.29, 0.717) is 10.0 Å². The quantitative estimate of drug-likeness (QED) is 0.719. The largest absolute Gasteiger partial charge is 0.261 e. The first kappa shape index (κ1) is 10.5. The van der Waals surface area contributed by atoms with Crippen LogP contribution in [-0.2, 0) is 0 Å². The predicted octanol–water partition coefficient (Wildman–Crippen LogP) is 4.36. The van der Waals surface area contributed by atoms with Crippen LogP contribution < -0.4 is 0 Å². The highest BCUT2D eigenvalue weighted by Gasteiger charge is 2.07. The zero-order valence-corrected chi connectivity index (χ0v) is 9.68. The second-order valence-corrected chi connectivity index (χ2v) is 4.10. The molecular formula is C12H9Cl2N. The second-order valence-electron chi connectivity index (χ2n) is 3.28. The average Bonchev–Trinajstić information content (AvgIpc) is 2.20. The third-order valence-corrected chi connectivity index (χ3v) is 2.79. The molecule has 0 fully saturated rings. The minimum absolute atomic E-state index is 0.646. The van der Waals surface area contributed by atoms with Gasteiger partial charge in [-0.2, -0.15) is 0 Å². The third-order valence-electron chi connectivity index (χ3n) is 2.16. The van der Waals surface area contributed by atoms with Crippen molar-refractivity contribution in [3.05, 3.63) is 52.3 Å². The molecule has 0 aliphatic rings. The first-order valence-electron chi connectivity index (χ1n) is 4.55. The van der Waals surface area contributed by atoms with Crippen molar-refractivity contribution in [1.29, 1.82) is 0 Å². The van der Waals surface area contributed by atoms with E-state index in [4.69, 9.17) is 23.2 Å². The second kappa shape index (κ2) is 4.21. The van der Waals surface area contributed by atoms with E-state index in [2.05, 4.69) is 4.98 Å². The fraction of sp³-hybridized carbons (Fsp3) is 0.0833. The number of benzene rings is 1. The number of pyridine rings is 1. The maximum absolute atomic E-state index is 6.09. The van der Waals surface area contributed by atoms with Gasteiger partial charge >= 0.3 is 0 Å². The van der Waals surface area contributed by atoms with Crippen LogP contribution in [-0.4, -0.2) is 4.98 Å². The van der Waals surface area contributed by atoms with Gasteiger partial charge in [0.2, 0.25) is 0 Å². The van der Waals surface area contributed by atoms with Crippen molar-refractivity contribution in [2.45, 2.75) is 6.92 Å². The van der Waals surface area contributed by atoms with E-state index in [0.717, 1.165) is 16.8 Å². The van der Waals surface area contributed by atoms with Crippen molar-refractivity contribution in [2.75, 3.05) is 0 Å². The van der Waals surface area contributed by atoms with E-state index >= 15 is 0 Å². The van der Waals surface area contributed by atoms with Crippen LogP contribution in [0.2, 0.25) is 10.0 Å². The molecule has 2 aromatic rings. The third kappa shape index (κ3) is 2.14. The van der Waals surface area contributed by atoms with E-state index in [1.54, 1.807) is 6.20 Å². The van der Waals surface area contributed by atoms with Crippen LogP contribution in [0.3, 0.4) is 0 Å². The standard InChI is InChI=1S/C12H9Cl2N/c1-8-5-6-9(7-15-8)12-10(13)3-2-4-11(12)14/h2-7H,1H3. The summed E-state index contributed by atoms with van der Waals surface area (Å²) < 4.78 is 0. The molecule has 2 rings (SSSR count). The van der Waals surface area contributed by atoms with Gasteiger partial charge in [-0.3, -0.25) is 4.98 Å². The highest BCUT2D eigenvalue weighted by atomic mass is 35.5. The molecule has 1 heterocycles. The van der Waals surface area contributed by atoms with Crippen molar-refractivity contribution >= 4 is 23.2 Å². The van der Waals surface area contributed by atoms with Gasteiger partial charge in [0.05, 0.1) is 0 Å². The van der Waals surface area contributed by atoms with Gasteiger partial charge in [-0.1, -0.05) is 35.3 Å². The van der Waals surface area contributed by atoms with Crippen molar-refractivity contribution in [1.82, 2.24) is 4.98 Å². The van der Waals surface area contributed by atoms with Crippen LogP contribution in [0.5, 0.6) is 0 Å². The van der Waals surface area contributed by atoms with Gasteiger partial charge < -0.3 is 0 Å². The summed E-state index contributed by atoms with van der Waals surface area (Å²) in [6.07, 6.45) is 1.78. The summed E-state index contributed by atoms with van der Waals surface area (Å²) in [5.41, 5.74) is 2.76. The minimum Gasteiger partial charge on any atom is -0.261 e. The first-order chi connectivity index (χ1) is 7.18. The normalized spacial score (nSPS) is 10.3. The molecule has 0 aliphatic heterocycles. The highest BCUT2D eigenvalue weighted by molar-refractivity contribution is 6.39. The Kier molecular flexibility index (Phi) is 2.94. The van der Waals surface area contributed by atoms with Crippen LogP contribution in [0.1, 0.15) is 5.69 Å². The lowest BCUT2D eigenvalue weighted by molar-refractivity contribution is 1.20. The van der Waals surface area contributed by atoms with Crippen LogP contribution in [0.4, 0.5) is 0 Å². The Bertz CT molecular complexity index is 457. The van der Waals surface area contributed by atoms with E-state index in [1.807, 2.05) is 37.3 Å². The van der Waals surface area contributed by atoms with E-state index in [-0.39, 0.29) is 0 Å². The Morgan fingerprint density at radius 3 is 2.20 bits per heavy atom. The lowest BCUT2D eigenvalue weighted by atomic mass is 10.1.